The molecular weight excluding hydrogens is 533 g/mol. The first kappa shape index (κ1) is 28.0. The lowest BCUT2D eigenvalue weighted by atomic mass is 9.99. The summed E-state index contributed by atoms with van der Waals surface area (Å²) in [5.74, 6) is -2.70. The Kier molecular flexibility index (Phi) is 8.08. The van der Waals surface area contributed by atoms with Gasteiger partial charge in [-0.3, -0.25) is 4.72 Å². The zero-order chi connectivity index (χ0) is 27.7. The van der Waals surface area contributed by atoms with Gasteiger partial charge in [-0.1, -0.05) is 31.5 Å². The number of hydrogen-bond donors (Lipinski definition) is 1. The van der Waals surface area contributed by atoms with Crippen LogP contribution in [0.5, 0.6) is 0 Å². The number of hydrogen-bond acceptors (Lipinski definition) is 6. The summed E-state index contributed by atoms with van der Waals surface area (Å²) in [6.45, 7) is 8.15. The fourth-order valence-corrected chi connectivity index (χ4v) is 6.41. The largest absolute Gasteiger partial charge is 0.317 e. The Bertz CT molecular complexity index is 1450. The molecule has 0 fully saturated rings. The van der Waals surface area contributed by atoms with Crippen LogP contribution in [-0.2, 0) is 16.4 Å². The molecule has 0 saturated heterocycles. The van der Waals surface area contributed by atoms with Gasteiger partial charge in [-0.25, -0.2) is 31.6 Å². The SMILES string of the molecule is CCCCc1nccc(C2SN(C(C)(C)C)C=C2c2cccc(NS(=O)(=O)c3c(F)cccc3F)c2F)n1. The molecule has 38 heavy (non-hydrogen) atoms. The van der Waals surface area contributed by atoms with E-state index in [9.17, 15) is 17.2 Å². The monoisotopic (exact) mass is 562 g/mol. The van der Waals surface area contributed by atoms with Gasteiger partial charge in [-0.2, -0.15) is 0 Å². The highest BCUT2D eigenvalue weighted by Crippen LogP contribution is 2.51. The van der Waals surface area contributed by atoms with E-state index in [4.69, 9.17) is 4.98 Å². The molecule has 1 aromatic heterocycles. The maximum atomic E-state index is 15.9. The summed E-state index contributed by atoms with van der Waals surface area (Å²) in [6, 6.07) is 8.74. The van der Waals surface area contributed by atoms with Crippen molar-refractivity contribution < 1.29 is 21.6 Å². The molecule has 3 aromatic rings. The molecule has 2 heterocycles. The maximum Gasteiger partial charge on any atom is 0.267 e. The summed E-state index contributed by atoms with van der Waals surface area (Å²) < 4.78 is 74.0. The fourth-order valence-electron chi connectivity index (χ4n) is 3.96. The van der Waals surface area contributed by atoms with Crippen LogP contribution < -0.4 is 4.72 Å². The summed E-state index contributed by atoms with van der Waals surface area (Å²) in [5, 5.41) is -0.386. The van der Waals surface area contributed by atoms with Crippen molar-refractivity contribution in [3.63, 3.8) is 0 Å². The van der Waals surface area contributed by atoms with Crippen molar-refractivity contribution in [2.45, 2.75) is 62.6 Å². The standard InChI is InChI=1S/C27H29F3N4O2S2/c1-5-6-13-23-31-15-14-22(32-23)25-18(16-34(37-25)27(2,3)4)17-9-7-12-21(24(17)30)33-38(35,36)26-19(28)10-8-11-20(26)29/h7-12,14-16,25,33H,5-6,13H2,1-4H3. The minimum absolute atomic E-state index is 0.150. The summed E-state index contributed by atoms with van der Waals surface area (Å²) in [5.41, 5.74) is 0.710. The normalized spacial score (nSPS) is 16.0. The highest BCUT2D eigenvalue weighted by Gasteiger charge is 2.36. The Labute approximate surface area is 225 Å². The highest BCUT2D eigenvalue weighted by molar-refractivity contribution is 7.98. The molecule has 11 heteroatoms. The first-order chi connectivity index (χ1) is 17.9. The van der Waals surface area contributed by atoms with Gasteiger partial charge in [-0.05, 0) is 69.0 Å². The Morgan fingerprint density at radius 3 is 2.39 bits per heavy atom. The Hall–Kier alpha value is -3.05. The van der Waals surface area contributed by atoms with Crippen LogP contribution in [0.25, 0.3) is 5.57 Å². The zero-order valence-corrected chi connectivity index (χ0v) is 23.1. The summed E-state index contributed by atoms with van der Waals surface area (Å²) in [6.07, 6.45) is 6.18. The molecule has 4 rings (SSSR count). The van der Waals surface area contributed by atoms with E-state index in [1.807, 2.05) is 36.0 Å². The lowest BCUT2D eigenvalue weighted by Crippen LogP contribution is -2.30. The molecule has 6 nitrogen and oxygen atoms in total. The van der Waals surface area contributed by atoms with Crippen molar-refractivity contribution in [3.8, 4) is 0 Å². The smallest absolute Gasteiger partial charge is 0.267 e. The van der Waals surface area contributed by atoms with Crippen molar-refractivity contribution in [3.05, 3.63) is 89.4 Å². The third kappa shape index (κ3) is 5.83. The summed E-state index contributed by atoms with van der Waals surface area (Å²) in [4.78, 5) is 7.93. The summed E-state index contributed by atoms with van der Waals surface area (Å²) in [7, 11) is -4.75. The van der Waals surface area contributed by atoms with Crippen LogP contribution >= 0.6 is 11.9 Å². The number of aryl methyl sites for hydroxylation is 1. The van der Waals surface area contributed by atoms with Gasteiger partial charge in [0.2, 0.25) is 0 Å². The second-order valence-corrected chi connectivity index (χ2v) is 12.6. The second-order valence-electron chi connectivity index (χ2n) is 9.89. The van der Waals surface area contributed by atoms with Crippen LogP contribution in [0.15, 0.2) is 59.8 Å². The van der Waals surface area contributed by atoms with Crippen molar-refractivity contribution in [1.29, 1.82) is 0 Å². The van der Waals surface area contributed by atoms with E-state index in [1.165, 1.54) is 24.1 Å². The van der Waals surface area contributed by atoms with Crippen molar-refractivity contribution >= 4 is 33.2 Å². The first-order valence-corrected chi connectivity index (χ1v) is 14.5. The highest BCUT2D eigenvalue weighted by atomic mass is 32.2. The van der Waals surface area contributed by atoms with Crippen LogP contribution in [-0.4, -0.2) is 28.2 Å². The number of anilines is 1. The van der Waals surface area contributed by atoms with E-state index in [0.29, 0.717) is 17.1 Å². The molecule has 0 saturated carbocycles. The Morgan fingerprint density at radius 2 is 1.74 bits per heavy atom. The van der Waals surface area contributed by atoms with Gasteiger partial charge >= 0.3 is 0 Å². The molecule has 2 aromatic carbocycles. The molecular formula is C27H29F3N4O2S2. The zero-order valence-electron chi connectivity index (χ0n) is 21.5. The van der Waals surface area contributed by atoms with E-state index in [0.717, 1.165) is 37.5 Å². The minimum atomic E-state index is -4.75. The molecule has 1 aliphatic heterocycles. The molecule has 0 bridgehead atoms. The minimum Gasteiger partial charge on any atom is -0.317 e. The van der Waals surface area contributed by atoms with Gasteiger partial charge in [0.15, 0.2) is 10.7 Å². The number of rotatable bonds is 8. The predicted molar refractivity (Wildman–Crippen MR) is 144 cm³/mol. The van der Waals surface area contributed by atoms with Crippen molar-refractivity contribution in [2.24, 2.45) is 0 Å². The Balaban J connectivity index is 1.75. The molecule has 0 spiro atoms. The van der Waals surface area contributed by atoms with Gasteiger partial charge < -0.3 is 4.31 Å². The molecule has 0 aliphatic carbocycles. The average molecular weight is 563 g/mol. The number of aromatic nitrogens is 2. The third-order valence-electron chi connectivity index (χ3n) is 5.91. The molecule has 1 unspecified atom stereocenters. The second kappa shape index (κ2) is 11.0. The van der Waals surface area contributed by atoms with Gasteiger partial charge in [0, 0.05) is 29.9 Å². The third-order valence-corrected chi connectivity index (χ3v) is 8.91. The number of unbranched alkanes of at least 4 members (excludes halogenated alkanes) is 1. The number of halogens is 3. The molecule has 1 atom stereocenters. The van der Waals surface area contributed by atoms with Gasteiger partial charge in [0.1, 0.15) is 17.5 Å². The van der Waals surface area contributed by atoms with Crippen LogP contribution in [0.1, 0.15) is 62.9 Å². The van der Waals surface area contributed by atoms with E-state index in [-0.39, 0.29) is 16.4 Å². The van der Waals surface area contributed by atoms with E-state index < -0.39 is 38.1 Å². The topological polar surface area (TPSA) is 75.2 Å². The quantitative estimate of drug-likeness (QED) is 0.302. The first-order valence-electron chi connectivity index (χ1n) is 12.2. The predicted octanol–water partition coefficient (Wildman–Crippen LogP) is 6.88. The van der Waals surface area contributed by atoms with Crippen LogP contribution in [0.2, 0.25) is 0 Å². The number of benzene rings is 2. The average Bonchev–Trinajstić information content (AvgIpc) is 3.30. The lowest BCUT2D eigenvalue weighted by molar-refractivity contribution is 0.353. The number of nitrogens with zero attached hydrogens (tertiary/aromatic N) is 3. The van der Waals surface area contributed by atoms with Crippen LogP contribution in [0, 0.1) is 17.5 Å². The van der Waals surface area contributed by atoms with E-state index in [2.05, 4.69) is 11.9 Å². The molecule has 0 amide bonds. The van der Waals surface area contributed by atoms with E-state index in [1.54, 1.807) is 18.3 Å². The van der Waals surface area contributed by atoms with Crippen LogP contribution in [0.4, 0.5) is 18.9 Å². The molecule has 0 radical (unpaired) electrons. The number of sulfonamides is 1. The van der Waals surface area contributed by atoms with Crippen molar-refractivity contribution in [1.82, 2.24) is 14.3 Å². The van der Waals surface area contributed by atoms with E-state index >= 15 is 4.39 Å². The lowest BCUT2D eigenvalue weighted by Gasteiger charge is -2.31. The molecule has 1 aliphatic rings. The van der Waals surface area contributed by atoms with Crippen molar-refractivity contribution in [2.75, 3.05) is 4.72 Å². The van der Waals surface area contributed by atoms with Gasteiger partial charge in [-0.15, -0.1) is 0 Å². The fraction of sp³-hybridized carbons (Fsp3) is 0.333. The van der Waals surface area contributed by atoms with Crippen LogP contribution in [0.3, 0.4) is 0 Å². The summed E-state index contributed by atoms with van der Waals surface area (Å²) >= 11 is 1.48. The maximum absolute atomic E-state index is 15.9. The Morgan fingerprint density at radius 1 is 1.05 bits per heavy atom. The van der Waals surface area contributed by atoms with Gasteiger partial charge in [0.05, 0.1) is 16.6 Å². The molecule has 202 valence electrons. The molecule has 1 N–H and O–H groups in total. The van der Waals surface area contributed by atoms with Gasteiger partial charge in [0.25, 0.3) is 10.0 Å². The number of nitrogens with one attached hydrogen (secondary N) is 1.